The minimum absolute atomic E-state index is 0.100. The Hall–Kier alpha value is -1.42. The molecule has 118 valence electrons. The average molecular weight is 302 g/mol. The molecule has 1 aromatic rings. The zero-order chi connectivity index (χ0) is 15.6. The van der Waals surface area contributed by atoms with Gasteiger partial charge in [-0.25, -0.2) is 0 Å². The summed E-state index contributed by atoms with van der Waals surface area (Å²) in [6.07, 6.45) is -6.97. The zero-order valence-corrected chi connectivity index (χ0v) is 11.0. The number of aliphatic hydroxyl groups excluding tert-OH is 5. The molecule has 5 atom stereocenters. The standard InChI is InChI=1S/C13H18O8/c14-4-6-1-7(16)3-8(2-6)20-13-12(19)11(18)10(17)9(5-15)21-13/h1-3,9-19H,4-5H2. The van der Waals surface area contributed by atoms with Gasteiger partial charge in [0.15, 0.2) is 0 Å². The van der Waals surface area contributed by atoms with Gasteiger partial charge in [0.1, 0.15) is 35.9 Å². The van der Waals surface area contributed by atoms with E-state index in [2.05, 4.69) is 0 Å². The third kappa shape index (κ3) is 3.43. The van der Waals surface area contributed by atoms with E-state index in [0.29, 0.717) is 5.56 Å². The molecule has 21 heavy (non-hydrogen) atoms. The molecule has 0 saturated carbocycles. The number of phenolic OH excluding ortho intramolecular Hbond substituents is 1. The molecule has 0 radical (unpaired) electrons. The molecule has 0 aliphatic carbocycles. The summed E-state index contributed by atoms with van der Waals surface area (Å²) in [6.45, 7) is -0.883. The molecule has 1 heterocycles. The van der Waals surface area contributed by atoms with Crippen molar-refractivity contribution >= 4 is 0 Å². The van der Waals surface area contributed by atoms with Crippen molar-refractivity contribution in [2.24, 2.45) is 0 Å². The molecule has 8 nitrogen and oxygen atoms in total. The van der Waals surface area contributed by atoms with Crippen LogP contribution in [-0.2, 0) is 11.3 Å². The molecule has 8 heteroatoms. The maximum atomic E-state index is 9.82. The van der Waals surface area contributed by atoms with Crippen LogP contribution in [0.1, 0.15) is 5.56 Å². The van der Waals surface area contributed by atoms with Crippen molar-refractivity contribution in [3.8, 4) is 11.5 Å². The number of aliphatic hydroxyl groups is 5. The molecule has 0 bridgehead atoms. The zero-order valence-electron chi connectivity index (χ0n) is 11.0. The van der Waals surface area contributed by atoms with E-state index in [-0.39, 0.29) is 18.1 Å². The maximum Gasteiger partial charge on any atom is 0.229 e. The van der Waals surface area contributed by atoms with Crippen LogP contribution in [-0.4, -0.2) is 68.0 Å². The molecule has 1 aliphatic rings. The van der Waals surface area contributed by atoms with E-state index in [4.69, 9.17) is 19.7 Å². The molecule has 2 rings (SSSR count). The van der Waals surface area contributed by atoms with Crippen LogP contribution in [0.25, 0.3) is 0 Å². The SMILES string of the molecule is OCc1cc(O)cc(OC2OC(CO)C(O)C(O)C2O)c1. The number of benzene rings is 1. The van der Waals surface area contributed by atoms with Crippen molar-refractivity contribution in [1.29, 1.82) is 0 Å². The van der Waals surface area contributed by atoms with E-state index in [0.717, 1.165) is 0 Å². The first kappa shape index (κ1) is 16.0. The second kappa shape index (κ2) is 6.56. The molecule has 1 aliphatic heterocycles. The lowest BCUT2D eigenvalue weighted by molar-refractivity contribution is -0.277. The molecule has 0 spiro atoms. The highest BCUT2D eigenvalue weighted by molar-refractivity contribution is 5.37. The van der Waals surface area contributed by atoms with E-state index >= 15 is 0 Å². The van der Waals surface area contributed by atoms with Crippen LogP contribution in [0.2, 0.25) is 0 Å². The predicted octanol–water partition coefficient (Wildman–Crippen LogP) is -1.94. The number of aromatic hydroxyl groups is 1. The number of rotatable bonds is 4. The molecule has 1 saturated heterocycles. The summed E-state index contributed by atoms with van der Waals surface area (Å²) in [6, 6.07) is 3.99. The van der Waals surface area contributed by atoms with Crippen LogP contribution >= 0.6 is 0 Å². The summed E-state index contributed by atoms with van der Waals surface area (Å²) < 4.78 is 10.5. The molecule has 0 aromatic heterocycles. The van der Waals surface area contributed by atoms with Gasteiger partial charge in [-0.15, -0.1) is 0 Å². The molecular weight excluding hydrogens is 284 g/mol. The quantitative estimate of drug-likeness (QED) is 0.378. The number of ether oxygens (including phenoxy) is 2. The lowest BCUT2D eigenvalue weighted by Crippen LogP contribution is -2.60. The fraction of sp³-hybridized carbons (Fsp3) is 0.538. The van der Waals surface area contributed by atoms with E-state index in [1.165, 1.54) is 18.2 Å². The Bertz CT molecular complexity index is 477. The van der Waals surface area contributed by atoms with Gasteiger partial charge in [0.25, 0.3) is 0 Å². The largest absolute Gasteiger partial charge is 0.508 e. The molecule has 1 aromatic carbocycles. The highest BCUT2D eigenvalue weighted by atomic mass is 16.7. The molecular formula is C13H18O8. The highest BCUT2D eigenvalue weighted by Gasteiger charge is 2.44. The molecule has 1 fully saturated rings. The van der Waals surface area contributed by atoms with Gasteiger partial charge in [0.05, 0.1) is 13.2 Å². The fourth-order valence-corrected chi connectivity index (χ4v) is 2.10. The highest BCUT2D eigenvalue weighted by Crippen LogP contribution is 2.27. The minimum Gasteiger partial charge on any atom is -0.508 e. The number of phenols is 1. The minimum atomic E-state index is -1.55. The Labute approximate surface area is 120 Å². The van der Waals surface area contributed by atoms with E-state index in [9.17, 15) is 20.4 Å². The second-order valence-corrected chi connectivity index (χ2v) is 4.81. The predicted molar refractivity (Wildman–Crippen MR) is 68.4 cm³/mol. The molecule has 6 N–H and O–H groups in total. The summed E-state index contributed by atoms with van der Waals surface area (Å²) in [5, 5.41) is 56.7. The number of hydrogen-bond donors (Lipinski definition) is 6. The summed E-state index contributed by atoms with van der Waals surface area (Å²) in [7, 11) is 0. The van der Waals surface area contributed by atoms with Crippen LogP contribution in [0.4, 0.5) is 0 Å². The van der Waals surface area contributed by atoms with Gasteiger partial charge in [0, 0.05) is 6.07 Å². The Kier molecular flexibility index (Phi) is 4.99. The maximum absolute atomic E-state index is 9.82. The Morgan fingerprint density at radius 1 is 1.00 bits per heavy atom. The lowest BCUT2D eigenvalue weighted by Gasteiger charge is -2.39. The van der Waals surface area contributed by atoms with Crippen molar-refractivity contribution in [1.82, 2.24) is 0 Å². The van der Waals surface area contributed by atoms with Crippen LogP contribution in [0.5, 0.6) is 11.5 Å². The van der Waals surface area contributed by atoms with Crippen LogP contribution < -0.4 is 4.74 Å². The molecule has 0 amide bonds. The van der Waals surface area contributed by atoms with E-state index < -0.39 is 37.3 Å². The third-order valence-electron chi connectivity index (χ3n) is 3.23. The third-order valence-corrected chi connectivity index (χ3v) is 3.23. The Balaban J connectivity index is 2.16. The van der Waals surface area contributed by atoms with Gasteiger partial charge in [-0.1, -0.05) is 0 Å². The second-order valence-electron chi connectivity index (χ2n) is 4.81. The van der Waals surface area contributed by atoms with Gasteiger partial charge in [-0.3, -0.25) is 0 Å². The van der Waals surface area contributed by atoms with Crippen LogP contribution in [0.3, 0.4) is 0 Å². The summed E-state index contributed by atoms with van der Waals surface area (Å²) in [5.41, 5.74) is 0.384. The fourth-order valence-electron chi connectivity index (χ4n) is 2.10. The normalized spacial score (nSPS) is 32.9. The van der Waals surface area contributed by atoms with Crippen molar-refractivity contribution in [3.63, 3.8) is 0 Å². The van der Waals surface area contributed by atoms with Crippen molar-refractivity contribution < 1.29 is 40.1 Å². The van der Waals surface area contributed by atoms with Gasteiger partial charge >= 0.3 is 0 Å². The first-order chi connectivity index (χ1) is 9.96. The topological polar surface area (TPSA) is 140 Å². The van der Waals surface area contributed by atoms with Crippen molar-refractivity contribution in [2.75, 3.05) is 6.61 Å². The number of hydrogen-bond acceptors (Lipinski definition) is 8. The first-order valence-corrected chi connectivity index (χ1v) is 6.37. The van der Waals surface area contributed by atoms with E-state index in [1.54, 1.807) is 0 Å². The smallest absolute Gasteiger partial charge is 0.229 e. The first-order valence-electron chi connectivity index (χ1n) is 6.37. The Morgan fingerprint density at radius 3 is 2.33 bits per heavy atom. The van der Waals surface area contributed by atoms with Crippen LogP contribution in [0, 0.1) is 0 Å². The van der Waals surface area contributed by atoms with Gasteiger partial charge in [-0.05, 0) is 17.7 Å². The summed E-state index contributed by atoms with van der Waals surface area (Å²) in [4.78, 5) is 0. The van der Waals surface area contributed by atoms with Gasteiger partial charge in [-0.2, -0.15) is 0 Å². The molecule has 5 unspecified atom stereocenters. The Morgan fingerprint density at radius 2 is 1.71 bits per heavy atom. The lowest BCUT2D eigenvalue weighted by atomic mass is 9.99. The van der Waals surface area contributed by atoms with Crippen molar-refractivity contribution in [3.05, 3.63) is 23.8 Å². The monoisotopic (exact) mass is 302 g/mol. The average Bonchev–Trinajstić information content (AvgIpc) is 2.47. The van der Waals surface area contributed by atoms with E-state index in [1.807, 2.05) is 0 Å². The summed E-state index contributed by atoms with van der Waals surface area (Å²) in [5.74, 6) is -0.0514. The summed E-state index contributed by atoms with van der Waals surface area (Å²) >= 11 is 0. The van der Waals surface area contributed by atoms with Crippen molar-refractivity contribution in [2.45, 2.75) is 37.3 Å². The van der Waals surface area contributed by atoms with Crippen LogP contribution in [0.15, 0.2) is 18.2 Å². The van der Waals surface area contributed by atoms with Gasteiger partial charge < -0.3 is 40.1 Å². The van der Waals surface area contributed by atoms with Gasteiger partial charge in [0.2, 0.25) is 6.29 Å².